The molecule has 1 unspecified atom stereocenters. The topological polar surface area (TPSA) is 96.1 Å². The quantitative estimate of drug-likeness (QED) is 0.602. The van der Waals surface area contributed by atoms with Crippen LogP contribution in [0.1, 0.15) is 24.7 Å². The molecular formula is C18H18N4O3S. The van der Waals surface area contributed by atoms with Crippen molar-refractivity contribution in [2.75, 3.05) is 0 Å². The minimum Gasteiger partial charge on any atom is -0.463 e. The molecule has 1 aromatic carbocycles. The minimum absolute atomic E-state index is 0.0865. The number of carbonyl (C=O) groups excluding carboxylic acids is 2. The van der Waals surface area contributed by atoms with Crippen LogP contribution >= 0.6 is 11.8 Å². The lowest BCUT2D eigenvalue weighted by atomic mass is 10.2. The Morgan fingerprint density at radius 3 is 2.81 bits per heavy atom. The number of amidine groups is 1. The van der Waals surface area contributed by atoms with Gasteiger partial charge in [0.05, 0.1) is 6.26 Å². The molecule has 1 fully saturated rings. The Kier molecular flexibility index (Phi) is 5.85. The molecule has 1 aromatic heterocycles. The van der Waals surface area contributed by atoms with Gasteiger partial charge in [0.25, 0.3) is 0 Å². The first kappa shape index (κ1) is 17.9. The normalized spacial score (nSPS) is 18.8. The predicted octanol–water partition coefficient (Wildman–Crippen LogP) is 2.30. The molecule has 0 bridgehead atoms. The van der Waals surface area contributed by atoms with E-state index in [1.165, 1.54) is 11.8 Å². The van der Waals surface area contributed by atoms with Crippen LogP contribution in [0.4, 0.5) is 0 Å². The molecule has 2 N–H and O–H groups in total. The summed E-state index contributed by atoms with van der Waals surface area (Å²) in [5.41, 5.74) is 1.61. The molecule has 2 heterocycles. The maximum atomic E-state index is 12.1. The van der Waals surface area contributed by atoms with Crippen molar-refractivity contribution < 1.29 is 14.0 Å². The number of benzene rings is 1. The second-order valence-corrected chi connectivity index (χ2v) is 6.82. The summed E-state index contributed by atoms with van der Waals surface area (Å²) in [6, 6.07) is 13.1. The van der Waals surface area contributed by atoms with Gasteiger partial charge in [-0.1, -0.05) is 42.1 Å². The van der Waals surface area contributed by atoms with Crippen molar-refractivity contribution in [1.29, 1.82) is 0 Å². The maximum absolute atomic E-state index is 12.1. The first-order chi connectivity index (χ1) is 12.6. The van der Waals surface area contributed by atoms with Crippen LogP contribution in [0.5, 0.6) is 0 Å². The lowest BCUT2D eigenvalue weighted by Gasteiger charge is -2.07. The molecular weight excluding hydrogens is 352 g/mol. The molecule has 3 rings (SSSR count). The molecule has 0 saturated carbocycles. The SMILES string of the molecule is CC(=N/N=C1\NC(=O)C(CC(=O)NCc2ccccc2)S1)c1ccco1. The Bertz CT molecular complexity index is 831. The van der Waals surface area contributed by atoms with Crippen LogP contribution in [-0.2, 0) is 16.1 Å². The van der Waals surface area contributed by atoms with E-state index in [-0.39, 0.29) is 18.2 Å². The molecule has 2 aromatic rings. The zero-order valence-corrected chi connectivity index (χ0v) is 15.0. The third-order valence-corrected chi connectivity index (χ3v) is 4.72. The summed E-state index contributed by atoms with van der Waals surface area (Å²) in [6.45, 7) is 2.20. The first-order valence-electron chi connectivity index (χ1n) is 8.06. The van der Waals surface area contributed by atoms with E-state index in [0.717, 1.165) is 5.56 Å². The zero-order valence-electron chi connectivity index (χ0n) is 14.1. The van der Waals surface area contributed by atoms with Gasteiger partial charge in [-0.05, 0) is 24.6 Å². The van der Waals surface area contributed by atoms with Gasteiger partial charge in [-0.25, -0.2) is 0 Å². The summed E-state index contributed by atoms with van der Waals surface area (Å²) < 4.78 is 5.22. The summed E-state index contributed by atoms with van der Waals surface area (Å²) in [7, 11) is 0. The molecule has 7 nitrogen and oxygen atoms in total. The van der Waals surface area contributed by atoms with Gasteiger partial charge in [0.2, 0.25) is 11.8 Å². The van der Waals surface area contributed by atoms with Gasteiger partial charge in [-0.15, -0.1) is 10.2 Å². The third kappa shape index (κ3) is 4.82. The van der Waals surface area contributed by atoms with Crippen LogP contribution in [-0.4, -0.2) is 27.9 Å². The van der Waals surface area contributed by atoms with Crippen LogP contribution in [0, 0.1) is 0 Å². The molecule has 1 aliphatic rings. The number of nitrogens with zero attached hydrogens (tertiary/aromatic N) is 2. The van der Waals surface area contributed by atoms with Crippen molar-refractivity contribution >= 4 is 34.5 Å². The highest BCUT2D eigenvalue weighted by molar-refractivity contribution is 8.15. The number of amides is 2. The Hall–Kier alpha value is -2.87. The van der Waals surface area contributed by atoms with E-state index in [1.807, 2.05) is 30.3 Å². The average Bonchev–Trinajstić information content (AvgIpc) is 3.29. The van der Waals surface area contributed by atoms with Crippen molar-refractivity contribution in [2.24, 2.45) is 10.2 Å². The van der Waals surface area contributed by atoms with Gasteiger partial charge in [0.15, 0.2) is 5.17 Å². The van der Waals surface area contributed by atoms with Gasteiger partial charge in [-0.3, -0.25) is 9.59 Å². The van der Waals surface area contributed by atoms with E-state index in [2.05, 4.69) is 20.8 Å². The highest BCUT2D eigenvalue weighted by Gasteiger charge is 2.32. The van der Waals surface area contributed by atoms with Crippen molar-refractivity contribution in [3.63, 3.8) is 0 Å². The molecule has 2 amide bonds. The standard InChI is InChI=1S/C18H18N4O3S/c1-12(14-8-5-9-25-14)21-22-18-20-17(24)15(26-18)10-16(23)19-11-13-6-3-2-4-7-13/h2-9,15H,10-11H2,1H3,(H,19,23)(H,20,22,24). The van der Waals surface area contributed by atoms with Gasteiger partial charge in [0.1, 0.15) is 16.7 Å². The summed E-state index contributed by atoms with van der Waals surface area (Å²) in [4.78, 5) is 24.1. The number of nitrogens with one attached hydrogen (secondary N) is 2. The van der Waals surface area contributed by atoms with Crippen LogP contribution in [0.2, 0.25) is 0 Å². The summed E-state index contributed by atoms with van der Waals surface area (Å²) in [5, 5.41) is 13.4. The lowest BCUT2D eigenvalue weighted by Crippen LogP contribution is -2.31. The molecule has 1 atom stereocenters. The van der Waals surface area contributed by atoms with Crippen LogP contribution in [0.3, 0.4) is 0 Å². The summed E-state index contributed by atoms with van der Waals surface area (Å²) in [5.74, 6) is 0.188. The Labute approximate surface area is 155 Å². The molecule has 0 radical (unpaired) electrons. The van der Waals surface area contributed by atoms with Gasteiger partial charge < -0.3 is 15.1 Å². The highest BCUT2D eigenvalue weighted by atomic mass is 32.2. The summed E-state index contributed by atoms with van der Waals surface area (Å²) in [6.07, 6.45) is 1.64. The van der Waals surface area contributed by atoms with E-state index in [1.54, 1.807) is 25.3 Å². The Balaban J connectivity index is 1.52. The number of thioether (sulfide) groups is 1. The van der Waals surface area contributed by atoms with Crippen molar-refractivity contribution in [2.45, 2.75) is 25.1 Å². The second-order valence-electron chi connectivity index (χ2n) is 5.63. The number of carbonyl (C=O) groups is 2. The van der Waals surface area contributed by atoms with Gasteiger partial charge in [0, 0.05) is 13.0 Å². The van der Waals surface area contributed by atoms with Crippen molar-refractivity contribution in [3.8, 4) is 0 Å². The van der Waals surface area contributed by atoms with E-state index in [4.69, 9.17) is 4.42 Å². The van der Waals surface area contributed by atoms with E-state index < -0.39 is 5.25 Å². The highest BCUT2D eigenvalue weighted by Crippen LogP contribution is 2.22. The van der Waals surface area contributed by atoms with E-state index in [9.17, 15) is 9.59 Å². The zero-order chi connectivity index (χ0) is 18.4. The van der Waals surface area contributed by atoms with Crippen LogP contribution < -0.4 is 10.6 Å². The molecule has 1 aliphatic heterocycles. The van der Waals surface area contributed by atoms with Gasteiger partial charge in [-0.2, -0.15) is 0 Å². The third-order valence-electron chi connectivity index (χ3n) is 3.65. The molecule has 1 saturated heterocycles. The fraction of sp³-hybridized carbons (Fsp3) is 0.222. The molecule has 0 aliphatic carbocycles. The van der Waals surface area contributed by atoms with E-state index >= 15 is 0 Å². The lowest BCUT2D eigenvalue weighted by molar-refractivity contribution is -0.125. The number of rotatable bonds is 6. The molecule has 0 spiro atoms. The molecule has 8 heteroatoms. The van der Waals surface area contributed by atoms with Crippen molar-refractivity contribution in [1.82, 2.24) is 10.6 Å². The Morgan fingerprint density at radius 2 is 2.08 bits per heavy atom. The first-order valence-corrected chi connectivity index (χ1v) is 8.94. The molecule has 26 heavy (non-hydrogen) atoms. The van der Waals surface area contributed by atoms with Gasteiger partial charge >= 0.3 is 0 Å². The number of hydrogen-bond donors (Lipinski definition) is 2. The predicted molar refractivity (Wildman–Crippen MR) is 101 cm³/mol. The summed E-state index contributed by atoms with van der Waals surface area (Å²) >= 11 is 1.20. The largest absolute Gasteiger partial charge is 0.463 e. The fourth-order valence-corrected chi connectivity index (χ4v) is 3.20. The second kappa shape index (κ2) is 8.48. The number of hydrogen-bond acceptors (Lipinski definition) is 6. The maximum Gasteiger partial charge on any atom is 0.240 e. The van der Waals surface area contributed by atoms with E-state index in [0.29, 0.717) is 23.2 Å². The monoisotopic (exact) mass is 370 g/mol. The fourth-order valence-electron chi connectivity index (χ4n) is 2.28. The van der Waals surface area contributed by atoms with Crippen molar-refractivity contribution in [3.05, 3.63) is 60.1 Å². The smallest absolute Gasteiger partial charge is 0.240 e. The van der Waals surface area contributed by atoms with Crippen LogP contribution in [0.25, 0.3) is 0 Å². The molecule has 134 valence electrons. The minimum atomic E-state index is -0.511. The number of furan rings is 1. The van der Waals surface area contributed by atoms with Crippen LogP contribution in [0.15, 0.2) is 63.3 Å². The average molecular weight is 370 g/mol. The Morgan fingerprint density at radius 1 is 1.27 bits per heavy atom.